The first kappa shape index (κ1) is 17.5. The van der Waals surface area contributed by atoms with E-state index in [4.69, 9.17) is 5.73 Å². The van der Waals surface area contributed by atoms with Crippen molar-refractivity contribution in [3.8, 4) is 0 Å². The molecule has 1 aromatic heterocycles. The van der Waals surface area contributed by atoms with Crippen molar-refractivity contribution < 1.29 is 4.79 Å². The average Bonchev–Trinajstić information content (AvgIpc) is 2.69. The molecule has 0 aliphatic rings. The van der Waals surface area contributed by atoms with Gasteiger partial charge >= 0.3 is 0 Å². The molecule has 6 nitrogen and oxygen atoms in total. The van der Waals surface area contributed by atoms with Crippen molar-refractivity contribution in [1.82, 2.24) is 20.4 Å². The van der Waals surface area contributed by atoms with Crippen molar-refractivity contribution in [2.24, 2.45) is 5.92 Å². The molecular formula is C15H29N5O. The van der Waals surface area contributed by atoms with Crippen molar-refractivity contribution in [2.75, 3.05) is 26.4 Å². The summed E-state index contributed by atoms with van der Waals surface area (Å²) in [5.74, 6) is 0.522. The lowest BCUT2D eigenvalue weighted by Gasteiger charge is -2.23. The molecule has 0 saturated heterocycles. The van der Waals surface area contributed by atoms with Gasteiger partial charge in [0.25, 0.3) is 5.91 Å². The number of aromatic amines is 1. The third-order valence-electron chi connectivity index (χ3n) is 3.30. The van der Waals surface area contributed by atoms with E-state index in [2.05, 4.69) is 34.3 Å². The highest BCUT2D eigenvalue weighted by molar-refractivity contribution is 5.97. The Morgan fingerprint density at radius 1 is 1.33 bits per heavy atom. The van der Waals surface area contributed by atoms with Gasteiger partial charge < -0.3 is 16.0 Å². The molecule has 0 aromatic carbocycles. The summed E-state index contributed by atoms with van der Waals surface area (Å²) >= 11 is 0. The molecule has 1 aromatic rings. The topological polar surface area (TPSA) is 87.0 Å². The van der Waals surface area contributed by atoms with Crippen molar-refractivity contribution in [3.63, 3.8) is 0 Å². The molecule has 1 heterocycles. The summed E-state index contributed by atoms with van der Waals surface area (Å²) < 4.78 is 0. The highest BCUT2D eigenvalue weighted by Crippen LogP contribution is 2.22. The Bertz CT molecular complexity index is 455. The molecule has 1 amide bonds. The summed E-state index contributed by atoms with van der Waals surface area (Å²) in [5, 5.41) is 9.98. The molecule has 0 radical (unpaired) electrons. The molecule has 0 bridgehead atoms. The monoisotopic (exact) mass is 295 g/mol. The number of likely N-dealkylation sites (N-methyl/N-ethyl adjacent to an activating group) is 1. The van der Waals surface area contributed by atoms with E-state index < -0.39 is 0 Å². The molecule has 21 heavy (non-hydrogen) atoms. The SMILES string of the molecule is CC(C)CC(CN(C)C)NC(=O)c1n[nH]c(C(C)C)c1N. The molecule has 0 aliphatic heterocycles. The summed E-state index contributed by atoms with van der Waals surface area (Å²) in [6, 6.07) is 0.0890. The zero-order valence-electron chi connectivity index (χ0n) is 14.0. The minimum atomic E-state index is -0.205. The average molecular weight is 295 g/mol. The normalized spacial score (nSPS) is 13.2. The fourth-order valence-corrected chi connectivity index (χ4v) is 2.42. The molecule has 0 saturated carbocycles. The van der Waals surface area contributed by atoms with Crippen molar-refractivity contribution in [3.05, 3.63) is 11.4 Å². The predicted molar refractivity (Wildman–Crippen MR) is 86.4 cm³/mol. The maximum Gasteiger partial charge on any atom is 0.274 e. The Balaban J connectivity index is 2.81. The number of rotatable bonds is 7. The van der Waals surface area contributed by atoms with Crippen LogP contribution in [0, 0.1) is 5.92 Å². The molecule has 1 rings (SSSR count). The van der Waals surface area contributed by atoms with Gasteiger partial charge in [-0.1, -0.05) is 27.7 Å². The molecular weight excluding hydrogens is 266 g/mol. The van der Waals surface area contributed by atoms with Crippen LogP contribution in [-0.2, 0) is 0 Å². The molecule has 4 N–H and O–H groups in total. The number of hydrogen-bond donors (Lipinski definition) is 3. The van der Waals surface area contributed by atoms with E-state index in [0.717, 1.165) is 18.7 Å². The number of carbonyl (C=O) groups excluding carboxylic acids is 1. The highest BCUT2D eigenvalue weighted by atomic mass is 16.2. The van der Waals surface area contributed by atoms with Crippen LogP contribution in [-0.4, -0.2) is 47.7 Å². The van der Waals surface area contributed by atoms with Crippen molar-refractivity contribution in [2.45, 2.75) is 46.1 Å². The van der Waals surface area contributed by atoms with Gasteiger partial charge in [-0.05, 0) is 32.4 Å². The van der Waals surface area contributed by atoms with Gasteiger partial charge in [-0.25, -0.2) is 0 Å². The van der Waals surface area contributed by atoms with Crippen LogP contribution in [0.5, 0.6) is 0 Å². The number of H-pyrrole nitrogens is 1. The van der Waals surface area contributed by atoms with Crippen LogP contribution in [0.1, 0.15) is 56.2 Å². The van der Waals surface area contributed by atoms with Crippen molar-refractivity contribution in [1.29, 1.82) is 0 Å². The van der Waals surface area contributed by atoms with Gasteiger partial charge in [-0.15, -0.1) is 0 Å². The second-order valence-corrected chi connectivity index (χ2v) is 6.62. The van der Waals surface area contributed by atoms with E-state index in [-0.39, 0.29) is 17.9 Å². The van der Waals surface area contributed by atoms with E-state index in [1.54, 1.807) is 0 Å². The number of nitrogens with zero attached hydrogens (tertiary/aromatic N) is 2. The van der Waals surface area contributed by atoms with Gasteiger partial charge in [0, 0.05) is 12.6 Å². The predicted octanol–water partition coefficient (Wildman–Crippen LogP) is 1.82. The number of hydrogen-bond acceptors (Lipinski definition) is 4. The number of anilines is 1. The maximum atomic E-state index is 12.4. The summed E-state index contributed by atoms with van der Waals surface area (Å²) in [6.07, 6.45) is 0.922. The van der Waals surface area contributed by atoms with Gasteiger partial charge in [-0.3, -0.25) is 9.89 Å². The largest absolute Gasteiger partial charge is 0.395 e. The first-order valence-corrected chi connectivity index (χ1v) is 7.51. The lowest BCUT2D eigenvalue weighted by Crippen LogP contribution is -2.42. The van der Waals surface area contributed by atoms with Crippen LogP contribution >= 0.6 is 0 Å². The fraction of sp³-hybridized carbons (Fsp3) is 0.733. The number of nitrogens with one attached hydrogen (secondary N) is 2. The van der Waals surface area contributed by atoms with E-state index >= 15 is 0 Å². The summed E-state index contributed by atoms with van der Waals surface area (Å²) in [5.41, 5.74) is 7.58. The molecule has 120 valence electrons. The van der Waals surface area contributed by atoms with Gasteiger partial charge in [-0.2, -0.15) is 5.10 Å². The van der Waals surface area contributed by atoms with Crippen LogP contribution < -0.4 is 11.1 Å². The van der Waals surface area contributed by atoms with E-state index in [1.807, 2.05) is 27.9 Å². The van der Waals surface area contributed by atoms with Gasteiger partial charge in [0.15, 0.2) is 5.69 Å². The standard InChI is InChI=1S/C15H29N5O/c1-9(2)7-11(8-20(5)6)17-15(21)14-12(16)13(10(3)4)18-19-14/h9-11H,7-8,16H2,1-6H3,(H,17,21)(H,18,19). The minimum Gasteiger partial charge on any atom is -0.395 e. The van der Waals surface area contributed by atoms with E-state index in [0.29, 0.717) is 17.3 Å². The molecule has 1 atom stereocenters. The molecule has 1 unspecified atom stereocenters. The van der Waals surface area contributed by atoms with Crippen LogP contribution in [0.4, 0.5) is 5.69 Å². The van der Waals surface area contributed by atoms with Gasteiger partial charge in [0.1, 0.15) is 0 Å². The highest BCUT2D eigenvalue weighted by Gasteiger charge is 2.22. The van der Waals surface area contributed by atoms with Gasteiger partial charge in [0.05, 0.1) is 11.4 Å². The Hall–Kier alpha value is -1.56. The number of aromatic nitrogens is 2. The third kappa shape index (κ3) is 5.04. The van der Waals surface area contributed by atoms with E-state index in [1.165, 1.54) is 0 Å². The molecule has 0 fully saturated rings. The lowest BCUT2D eigenvalue weighted by molar-refractivity contribution is 0.0920. The Kier molecular flexibility index (Phi) is 6.20. The van der Waals surface area contributed by atoms with Crippen LogP contribution in [0.25, 0.3) is 0 Å². The summed E-state index contributed by atoms with van der Waals surface area (Å²) in [6.45, 7) is 9.12. The Morgan fingerprint density at radius 3 is 2.38 bits per heavy atom. The lowest BCUT2D eigenvalue weighted by atomic mass is 10.0. The molecule has 6 heteroatoms. The first-order chi connectivity index (χ1) is 9.72. The molecule has 0 spiro atoms. The molecule has 0 aliphatic carbocycles. The Labute approximate surface area is 127 Å². The zero-order chi connectivity index (χ0) is 16.2. The number of nitrogens with two attached hydrogens (primary N) is 1. The number of nitrogen functional groups attached to an aromatic ring is 1. The first-order valence-electron chi connectivity index (χ1n) is 7.51. The fourth-order valence-electron chi connectivity index (χ4n) is 2.42. The Morgan fingerprint density at radius 2 is 1.95 bits per heavy atom. The van der Waals surface area contributed by atoms with Crippen LogP contribution in [0.3, 0.4) is 0 Å². The number of carbonyl (C=O) groups is 1. The summed E-state index contributed by atoms with van der Waals surface area (Å²) in [7, 11) is 4.00. The number of amides is 1. The second-order valence-electron chi connectivity index (χ2n) is 6.62. The van der Waals surface area contributed by atoms with Crippen LogP contribution in [0.2, 0.25) is 0 Å². The minimum absolute atomic E-state index is 0.0890. The van der Waals surface area contributed by atoms with Gasteiger partial charge in [0.2, 0.25) is 0 Å². The quantitative estimate of drug-likeness (QED) is 0.716. The van der Waals surface area contributed by atoms with Crippen molar-refractivity contribution >= 4 is 11.6 Å². The third-order valence-corrected chi connectivity index (χ3v) is 3.30. The summed E-state index contributed by atoms with van der Waals surface area (Å²) in [4.78, 5) is 14.5. The second kappa shape index (κ2) is 7.45. The smallest absolute Gasteiger partial charge is 0.274 e. The zero-order valence-corrected chi connectivity index (χ0v) is 14.0. The van der Waals surface area contributed by atoms with E-state index in [9.17, 15) is 4.79 Å². The van der Waals surface area contributed by atoms with Crippen LogP contribution in [0.15, 0.2) is 0 Å². The maximum absolute atomic E-state index is 12.4.